The first kappa shape index (κ1) is 20.3. The molecule has 0 saturated heterocycles. The molecule has 144 valence electrons. The van der Waals surface area contributed by atoms with E-state index in [-0.39, 0.29) is 36.0 Å². The van der Waals surface area contributed by atoms with Crippen LogP contribution >= 0.6 is 11.8 Å². The fraction of sp³-hybridized carbons (Fsp3) is 0.647. The molecule has 1 fully saturated rings. The largest absolute Gasteiger partial charge is 0.455 e. The van der Waals surface area contributed by atoms with E-state index in [9.17, 15) is 14.4 Å². The number of carbonyl (C=O) groups is 3. The minimum atomic E-state index is -0.518. The number of nitrogens with one attached hydrogen (secondary N) is 2. The van der Waals surface area contributed by atoms with Crippen molar-refractivity contribution in [1.29, 1.82) is 0 Å². The molecule has 0 unspecified atom stereocenters. The van der Waals surface area contributed by atoms with Gasteiger partial charge in [-0.05, 0) is 19.8 Å². The Labute approximate surface area is 156 Å². The summed E-state index contributed by atoms with van der Waals surface area (Å²) in [6, 6.07) is 1.78. The summed E-state index contributed by atoms with van der Waals surface area (Å²) in [5, 5.41) is 9.12. The van der Waals surface area contributed by atoms with Crippen LogP contribution in [0.3, 0.4) is 0 Å². The number of amides is 2. The maximum Gasteiger partial charge on any atom is 0.316 e. The van der Waals surface area contributed by atoms with Crippen molar-refractivity contribution < 1.29 is 23.6 Å². The molecular formula is C17H25N3O5S. The zero-order valence-electron chi connectivity index (χ0n) is 14.9. The predicted octanol–water partition coefficient (Wildman–Crippen LogP) is 2.04. The minimum absolute atomic E-state index is 0.00196. The third-order valence-electron chi connectivity index (χ3n) is 3.93. The number of hydrogen-bond donors (Lipinski definition) is 2. The van der Waals surface area contributed by atoms with E-state index in [0.29, 0.717) is 11.6 Å². The number of nitrogens with zero attached hydrogens (tertiary/aromatic N) is 1. The Morgan fingerprint density at radius 3 is 2.58 bits per heavy atom. The van der Waals surface area contributed by atoms with Crippen LogP contribution in [0.25, 0.3) is 0 Å². The second kappa shape index (κ2) is 10.8. The summed E-state index contributed by atoms with van der Waals surface area (Å²) in [5.41, 5.74) is 0. The van der Waals surface area contributed by atoms with Crippen molar-refractivity contribution in [2.45, 2.75) is 51.5 Å². The third-order valence-corrected chi connectivity index (χ3v) is 4.84. The standard InChI is InChI=1S/C17H25N3O5S/c1-12-8-14(20-25-12)19-16(22)10-26-11-17(23)24-9-15(21)18-13-6-4-2-3-5-7-13/h8,13H,2-7,9-11H2,1H3,(H,18,21)(H,19,20,22). The molecule has 1 aliphatic carbocycles. The summed E-state index contributed by atoms with van der Waals surface area (Å²) >= 11 is 1.11. The first-order chi connectivity index (χ1) is 12.5. The molecule has 1 aliphatic rings. The van der Waals surface area contributed by atoms with Crippen LogP contribution in [0.5, 0.6) is 0 Å². The van der Waals surface area contributed by atoms with E-state index in [1.54, 1.807) is 13.0 Å². The number of esters is 1. The molecule has 2 rings (SSSR count). The molecule has 1 aromatic rings. The van der Waals surface area contributed by atoms with Crippen LogP contribution in [-0.4, -0.2) is 47.1 Å². The number of carbonyl (C=O) groups excluding carboxylic acids is 3. The summed E-state index contributed by atoms with van der Waals surface area (Å²) in [5.74, 6) is -0.0609. The lowest BCUT2D eigenvalue weighted by Gasteiger charge is -2.16. The van der Waals surface area contributed by atoms with Crippen molar-refractivity contribution in [3.63, 3.8) is 0 Å². The molecule has 0 aromatic carbocycles. The van der Waals surface area contributed by atoms with E-state index >= 15 is 0 Å². The zero-order valence-corrected chi connectivity index (χ0v) is 15.7. The van der Waals surface area contributed by atoms with Gasteiger partial charge >= 0.3 is 5.97 Å². The highest BCUT2D eigenvalue weighted by Crippen LogP contribution is 2.17. The quantitative estimate of drug-likeness (QED) is 0.522. The van der Waals surface area contributed by atoms with Gasteiger partial charge in [-0.3, -0.25) is 14.4 Å². The number of hydrogen-bond acceptors (Lipinski definition) is 7. The lowest BCUT2D eigenvalue weighted by atomic mass is 10.1. The number of aryl methyl sites for hydroxylation is 1. The summed E-state index contributed by atoms with van der Waals surface area (Å²) in [6.07, 6.45) is 6.63. The first-order valence-corrected chi connectivity index (χ1v) is 9.94. The van der Waals surface area contributed by atoms with E-state index in [1.807, 2.05) is 0 Å². The van der Waals surface area contributed by atoms with E-state index in [4.69, 9.17) is 9.26 Å². The lowest BCUT2D eigenvalue weighted by molar-refractivity contribution is -0.146. The second-order valence-electron chi connectivity index (χ2n) is 6.28. The third kappa shape index (κ3) is 7.90. The maximum absolute atomic E-state index is 11.8. The lowest BCUT2D eigenvalue weighted by Crippen LogP contribution is -2.37. The van der Waals surface area contributed by atoms with E-state index < -0.39 is 5.97 Å². The minimum Gasteiger partial charge on any atom is -0.455 e. The Bertz CT molecular complexity index is 611. The molecule has 1 heterocycles. The summed E-state index contributed by atoms with van der Waals surface area (Å²) in [7, 11) is 0. The van der Waals surface area contributed by atoms with Crippen LogP contribution < -0.4 is 10.6 Å². The van der Waals surface area contributed by atoms with Crippen LogP contribution in [0.1, 0.15) is 44.3 Å². The van der Waals surface area contributed by atoms with Gasteiger partial charge < -0.3 is 19.9 Å². The van der Waals surface area contributed by atoms with Crippen molar-refractivity contribution >= 4 is 35.4 Å². The Balaban J connectivity index is 1.55. The van der Waals surface area contributed by atoms with Gasteiger partial charge in [0.15, 0.2) is 12.4 Å². The van der Waals surface area contributed by atoms with Crippen molar-refractivity contribution in [3.8, 4) is 0 Å². The summed E-state index contributed by atoms with van der Waals surface area (Å²) in [6.45, 7) is 1.44. The SMILES string of the molecule is Cc1cc(NC(=O)CSCC(=O)OCC(=O)NC2CCCCCC2)no1. The highest BCUT2D eigenvalue weighted by molar-refractivity contribution is 8.00. The Hall–Kier alpha value is -2.03. The van der Waals surface area contributed by atoms with Gasteiger partial charge in [-0.15, -0.1) is 11.8 Å². The molecule has 0 radical (unpaired) electrons. The van der Waals surface area contributed by atoms with Gasteiger partial charge in [0.1, 0.15) is 5.76 Å². The Kier molecular flexibility index (Phi) is 8.46. The summed E-state index contributed by atoms with van der Waals surface area (Å²) < 4.78 is 9.79. The fourth-order valence-corrected chi connectivity index (χ4v) is 3.32. The highest BCUT2D eigenvalue weighted by atomic mass is 32.2. The first-order valence-electron chi connectivity index (χ1n) is 8.79. The molecule has 1 saturated carbocycles. The molecule has 1 aromatic heterocycles. The second-order valence-corrected chi connectivity index (χ2v) is 7.27. The molecule has 26 heavy (non-hydrogen) atoms. The average molecular weight is 383 g/mol. The number of aromatic nitrogens is 1. The van der Waals surface area contributed by atoms with Crippen LogP contribution in [-0.2, 0) is 19.1 Å². The normalized spacial score (nSPS) is 15.1. The monoisotopic (exact) mass is 383 g/mol. The number of ether oxygens (including phenoxy) is 1. The van der Waals surface area contributed by atoms with Gasteiger partial charge in [0.05, 0.1) is 11.5 Å². The van der Waals surface area contributed by atoms with E-state index in [2.05, 4.69) is 15.8 Å². The van der Waals surface area contributed by atoms with Crippen molar-refractivity contribution in [2.75, 3.05) is 23.4 Å². The topological polar surface area (TPSA) is 111 Å². The predicted molar refractivity (Wildman–Crippen MR) is 97.8 cm³/mol. The maximum atomic E-state index is 11.8. The number of rotatable bonds is 8. The fourth-order valence-electron chi connectivity index (χ4n) is 2.71. The molecule has 8 nitrogen and oxygen atoms in total. The molecule has 2 N–H and O–H groups in total. The Morgan fingerprint density at radius 2 is 1.92 bits per heavy atom. The number of anilines is 1. The van der Waals surface area contributed by atoms with Crippen molar-refractivity contribution in [2.24, 2.45) is 0 Å². The number of thioether (sulfide) groups is 1. The molecule has 9 heteroatoms. The average Bonchev–Trinajstić information content (AvgIpc) is 2.83. The van der Waals surface area contributed by atoms with Gasteiger partial charge in [-0.1, -0.05) is 30.8 Å². The molecule has 0 bridgehead atoms. The van der Waals surface area contributed by atoms with Crippen LogP contribution in [0, 0.1) is 6.92 Å². The smallest absolute Gasteiger partial charge is 0.316 e. The molecule has 2 amide bonds. The van der Waals surface area contributed by atoms with E-state index in [1.165, 1.54) is 12.8 Å². The van der Waals surface area contributed by atoms with Gasteiger partial charge in [0.25, 0.3) is 5.91 Å². The highest BCUT2D eigenvalue weighted by Gasteiger charge is 2.16. The van der Waals surface area contributed by atoms with Crippen LogP contribution in [0.15, 0.2) is 10.6 Å². The molecule has 0 spiro atoms. The van der Waals surface area contributed by atoms with Crippen LogP contribution in [0.2, 0.25) is 0 Å². The van der Waals surface area contributed by atoms with E-state index in [0.717, 1.165) is 37.4 Å². The molecule has 0 aliphatic heterocycles. The molecule has 0 atom stereocenters. The van der Waals surface area contributed by atoms with Gasteiger partial charge in [0.2, 0.25) is 5.91 Å². The van der Waals surface area contributed by atoms with Crippen LogP contribution in [0.4, 0.5) is 5.82 Å². The van der Waals surface area contributed by atoms with Crippen molar-refractivity contribution in [3.05, 3.63) is 11.8 Å². The Morgan fingerprint density at radius 1 is 1.19 bits per heavy atom. The van der Waals surface area contributed by atoms with Gasteiger partial charge in [0, 0.05) is 12.1 Å². The van der Waals surface area contributed by atoms with Gasteiger partial charge in [-0.2, -0.15) is 0 Å². The van der Waals surface area contributed by atoms with Gasteiger partial charge in [-0.25, -0.2) is 0 Å². The zero-order chi connectivity index (χ0) is 18.8. The van der Waals surface area contributed by atoms with Crippen molar-refractivity contribution in [1.82, 2.24) is 10.5 Å². The molecular weight excluding hydrogens is 358 g/mol. The summed E-state index contributed by atoms with van der Waals surface area (Å²) in [4.78, 5) is 35.2.